The molecule has 1 aliphatic heterocycles. The number of amides is 2. The number of hydrazine groups is 1. The fraction of sp³-hybridized carbons (Fsp3) is 0.435. The van der Waals surface area contributed by atoms with Gasteiger partial charge in [-0.15, -0.1) is 0 Å². The van der Waals surface area contributed by atoms with E-state index < -0.39 is 0 Å². The smallest absolute Gasteiger partial charge is 0.269 e. The van der Waals surface area contributed by atoms with Gasteiger partial charge in [0.1, 0.15) is 6.10 Å². The summed E-state index contributed by atoms with van der Waals surface area (Å²) in [5.74, 6) is -0.649. The fourth-order valence-corrected chi connectivity index (χ4v) is 4.74. The van der Waals surface area contributed by atoms with E-state index in [0.717, 1.165) is 25.0 Å². The van der Waals surface area contributed by atoms with Crippen LogP contribution in [0.5, 0.6) is 0 Å². The first-order chi connectivity index (χ1) is 15.0. The summed E-state index contributed by atoms with van der Waals surface area (Å²) in [6, 6.07) is -0.0861. The van der Waals surface area contributed by atoms with Gasteiger partial charge in [0.15, 0.2) is 0 Å². The number of allylic oxidation sites excluding steroid dienone is 4. The number of aryl methyl sites for hydroxylation is 1. The Hall–Kier alpha value is -2.64. The van der Waals surface area contributed by atoms with Gasteiger partial charge in [0.25, 0.3) is 5.91 Å². The maximum absolute atomic E-state index is 13.1. The molecular formula is C23H27ClN4O3. The topological polar surface area (TPSA) is 76.5 Å². The molecule has 4 unspecified atom stereocenters. The van der Waals surface area contributed by atoms with Crippen molar-refractivity contribution in [2.45, 2.75) is 38.3 Å². The number of nitrogens with one attached hydrogen (secondary N) is 1. The molecule has 4 rings (SSSR count). The van der Waals surface area contributed by atoms with E-state index in [4.69, 9.17) is 16.3 Å². The van der Waals surface area contributed by atoms with E-state index in [9.17, 15) is 9.59 Å². The number of ether oxygens (including phenoxy) is 1. The van der Waals surface area contributed by atoms with E-state index in [1.807, 2.05) is 42.0 Å². The first-order valence-electron chi connectivity index (χ1n) is 10.6. The monoisotopic (exact) mass is 442 g/mol. The van der Waals surface area contributed by atoms with Gasteiger partial charge in [-0.2, -0.15) is 0 Å². The molecule has 0 bridgehead atoms. The Labute approximate surface area is 187 Å². The SMILES string of the molecule is COC1C=C(C(=O)NN2CCCC(C3CC=CC=C3Cl)C2=O)C=CC1n1cnc(C)c1. The van der Waals surface area contributed by atoms with Crippen LogP contribution >= 0.6 is 11.6 Å². The first-order valence-corrected chi connectivity index (χ1v) is 10.9. The number of halogens is 1. The highest BCUT2D eigenvalue weighted by Crippen LogP contribution is 2.36. The van der Waals surface area contributed by atoms with E-state index in [1.54, 1.807) is 25.6 Å². The number of hydrogen-bond donors (Lipinski definition) is 1. The van der Waals surface area contributed by atoms with Crippen molar-refractivity contribution in [3.8, 4) is 0 Å². The summed E-state index contributed by atoms with van der Waals surface area (Å²) >= 11 is 6.37. The summed E-state index contributed by atoms with van der Waals surface area (Å²) in [7, 11) is 1.61. The van der Waals surface area contributed by atoms with E-state index in [-0.39, 0.29) is 35.8 Å². The zero-order chi connectivity index (χ0) is 22.0. The first kappa shape index (κ1) is 21.6. The Bertz CT molecular complexity index is 977. The average molecular weight is 443 g/mol. The molecule has 1 fully saturated rings. The fourth-order valence-electron chi connectivity index (χ4n) is 4.43. The molecular weight excluding hydrogens is 416 g/mol. The van der Waals surface area contributed by atoms with Crippen LogP contribution in [0.1, 0.15) is 31.0 Å². The van der Waals surface area contributed by atoms with Crippen molar-refractivity contribution in [2.24, 2.45) is 11.8 Å². The minimum absolute atomic E-state index is 0.0232. The predicted octanol–water partition coefficient (Wildman–Crippen LogP) is 3.21. The standard InChI is InChI=1S/C23H27ClN4O3/c1-15-13-27(14-25-15)20-10-9-16(12-21(20)31-2)22(29)26-28-11-5-7-18(23(28)30)17-6-3-4-8-19(17)24/h3-4,8-10,12-14,17-18,20-21H,5-7,11H2,1-2H3,(H,26,29). The Morgan fingerprint density at radius 1 is 1.35 bits per heavy atom. The second-order valence-electron chi connectivity index (χ2n) is 8.14. The van der Waals surface area contributed by atoms with E-state index in [0.29, 0.717) is 17.2 Å². The van der Waals surface area contributed by atoms with Gasteiger partial charge in [-0.25, -0.2) is 4.98 Å². The quantitative estimate of drug-likeness (QED) is 0.759. The molecule has 2 amide bonds. The number of nitrogens with zero attached hydrogens (tertiary/aromatic N) is 3. The minimum Gasteiger partial charge on any atom is -0.375 e. The van der Waals surface area contributed by atoms with Crippen LogP contribution in [0.3, 0.4) is 0 Å². The summed E-state index contributed by atoms with van der Waals surface area (Å²) in [5, 5.41) is 2.15. The molecule has 164 valence electrons. The van der Waals surface area contributed by atoms with Crippen LogP contribution in [-0.4, -0.2) is 46.1 Å². The van der Waals surface area contributed by atoms with Crippen molar-refractivity contribution in [1.29, 1.82) is 0 Å². The Morgan fingerprint density at radius 2 is 2.19 bits per heavy atom. The van der Waals surface area contributed by atoms with Gasteiger partial charge in [0.05, 0.1) is 18.1 Å². The van der Waals surface area contributed by atoms with Crippen LogP contribution in [0, 0.1) is 18.8 Å². The number of hydrogen-bond acceptors (Lipinski definition) is 4. The van der Waals surface area contributed by atoms with Gasteiger partial charge in [-0.3, -0.25) is 20.0 Å². The number of rotatable bonds is 5. The molecule has 2 heterocycles. The van der Waals surface area contributed by atoms with Crippen molar-refractivity contribution < 1.29 is 14.3 Å². The molecule has 0 saturated carbocycles. The summed E-state index contributed by atoms with van der Waals surface area (Å²) in [6.07, 6.45) is 17.0. The highest BCUT2D eigenvalue weighted by Gasteiger charge is 2.37. The molecule has 1 aromatic heterocycles. The van der Waals surface area contributed by atoms with Crippen molar-refractivity contribution in [2.75, 3.05) is 13.7 Å². The zero-order valence-corrected chi connectivity index (χ0v) is 18.5. The lowest BCUT2D eigenvalue weighted by Gasteiger charge is -2.36. The largest absolute Gasteiger partial charge is 0.375 e. The number of aromatic nitrogens is 2. The molecule has 3 aliphatic rings. The van der Waals surface area contributed by atoms with Gasteiger partial charge in [0.2, 0.25) is 5.91 Å². The van der Waals surface area contributed by atoms with Crippen molar-refractivity contribution in [3.63, 3.8) is 0 Å². The van der Waals surface area contributed by atoms with Crippen LogP contribution in [-0.2, 0) is 14.3 Å². The number of carbonyl (C=O) groups is 2. The summed E-state index contributed by atoms with van der Waals surface area (Å²) < 4.78 is 7.56. The third-order valence-corrected chi connectivity index (χ3v) is 6.51. The van der Waals surface area contributed by atoms with Gasteiger partial charge in [-0.05, 0) is 38.3 Å². The number of piperidine rings is 1. The highest BCUT2D eigenvalue weighted by molar-refractivity contribution is 6.30. The molecule has 1 N–H and O–H groups in total. The maximum atomic E-state index is 13.1. The predicted molar refractivity (Wildman–Crippen MR) is 118 cm³/mol. The second-order valence-corrected chi connectivity index (χ2v) is 8.57. The third kappa shape index (κ3) is 4.52. The van der Waals surface area contributed by atoms with Crippen LogP contribution in [0.4, 0.5) is 0 Å². The molecule has 8 heteroatoms. The molecule has 4 atom stereocenters. The lowest BCUT2D eigenvalue weighted by Crippen LogP contribution is -2.53. The molecule has 1 saturated heterocycles. The highest BCUT2D eigenvalue weighted by atomic mass is 35.5. The van der Waals surface area contributed by atoms with Gasteiger partial charge < -0.3 is 9.30 Å². The molecule has 7 nitrogen and oxygen atoms in total. The van der Waals surface area contributed by atoms with E-state index in [2.05, 4.69) is 10.4 Å². The molecule has 0 aromatic carbocycles. The van der Waals surface area contributed by atoms with Crippen LogP contribution in [0.2, 0.25) is 0 Å². The van der Waals surface area contributed by atoms with Crippen molar-refractivity contribution in [3.05, 3.63) is 65.3 Å². The molecule has 1 aromatic rings. The van der Waals surface area contributed by atoms with Gasteiger partial charge in [0, 0.05) is 42.3 Å². The zero-order valence-electron chi connectivity index (χ0n) is 17.7. The second kappa shape index (κ2) is 9.24. The summed E-state index contributed by atoms with van der Waals surface area (Å²) in [4.78, 5) is 30.3. The Kier molecular flexibility index (Phi) is 6.43. The molecule has 0 radical (unpaired) electrons. The number of carbonyl (C=O) groups excluding carboxylic acids is 2. The van der Waals surface area contributed by atoms with Crippen molar-refractivity contribution in [1.82, 2.24) is 20.0 Å². The van der Waals surface area contributed by atoms with E-state index in [1.165, 1.54) is 5.01 Å². The lowest BCUT2D eigenvalue weighted by atomic mass is 9.81. The normalized spacial score (nSPS) is 28.4. The van der Waals surface area contributed by atoms with Gasteiger partial charge >= 0.3 is 0 Å². The van der Waals surface area contributed by atoms with Crippen molar-refractivity contribution >= 4 is 23.4 Å². The molecule has 31 heavy (non-hydrogen) atoms. The third-order valence-electron chi connectivity index (χ3n) is 6.10. The molecule has 2 aliphatic carbocycles. The Morgan fingerprint density at radius 3 is 2.90 bits per heavy atom. The van der Waals surface area contributed by atoms with E-state index >= 15 is 0 Å². The van der Waals surface area contributed by atoms with Crippen LogP contribution in [0.25, 0.3) is 0 Å². The summed E-state index contributed by atoms with van der Waals surface area (Å²) in [6.45, 7) is 2.42. The van der Waals surface area contributed by atoms with Gasteiger partial charge in [-0.1, -0.05) is 35.9 Å². The molecule has 0 spiro atoms. The summed E-state index contributed by atoms with van der Waals surface area (Å²) in [5.41, 5.74) is 4.18. The minimum atomic E-state index is -0.322. The Balaban J connectivity index is 1.43. The lowest BCUT2D eigenvalue weighted by molar-refractivity contribution is -0.147. The average Bonchev–Trinajstić information content (AvgIpc) is 3.21. The number of imidazole rings is 1. The van der Waals surface area contributed by atoms with Crippen LogP contribution < -0.4 is 5.43 Å². The maximum Gasteiger partial charge on any atom is 0.269 e. The number of methoxy groups -OCH3 is 1. The van der Waals surface area contributed by atoms with Crippen LogP contribution in [0.15, 0.2) is 59.6 Å².